The van der Waals surface area contributed by atoms with Crippen molar-refractivity contribution in [2.45, 2.75) is 31.7 Å². The number of anilines is 1. The lowest BCUT2D eigenvalue weighted by molar-refractivity contribution is -0.136. The van der Waals surface area contributed by atoms with Gasteiger partial charge in [-0.25, -0.2) is 4.98 Å². The van der Waals surface area contributed by atoms with Crippen LogP contribution in [-0.2, 0) is 4.79 Å². The maximum atomic E-state index is 11.9. The fraction of sp³-hybridized carbons (Fsp3) is 0.391. The third-order valence-electron chi connectivity index (χ3n) is 5.80. The van der Waals surface area contributed by atoms with Gasteiger partial charge in [0, 0.05) is 43.4 Å². The van der Waals surface area contributed by atoms with E-state index in [1.807, 2.05) is 25.1 Å². The van der Waals surface area contributed by atoms with Crippen molar-refractivity contribution >= 4 is 17.8 Å². The first-order valence-electron chi connectivity index (χ1n) is 10.2. The summed E-state index contributed by atoms with van der Waals surface area (Å²) in [5.41, 5.74) is 4.30. The van der Waals surface area contributed by atoms with Crippen molar-refractivity contribution in [1.29, 1.82) is 5.26 Å². The Morgan fingerprint density at radius 2 is 2.20 bits per heavy atom. The van der Waals surface area contributed by atoms with E-state index in [-0.39, 0.29) is 11.9 Å². The number of pyridine rings is 2. The van der Waals surface area contributed by atoms with Crippen molar-refractivity contribution in [2.75, 3.05) is 31.1 Å². The second-order valence-corrected chi connectivity index (χ2v) is 7.89. The lowest BCUT2D eigenvalue weighted by atomic mass is 9.99. The van der Waals surface area contributed by atoms with Gasteiger partial charge in [0.05, 0.1) is 17.0 Å². The van der Waals surface area contributed by atoms with Gasteiger partial charge in [-0.2, -0.15) is 5.26 Å². The Morgan fingerprint density at radius 3 is 2.83 bits per heavy atom. The molecule has 2 aromatic rings. The number of hydrogen-bond donors (Lipinski definition) is 1. The molecule has 0 aromatic carbocycles. The molecule has 3 heterocycles. The van der Waals surface area contributed by atoms with Crippen LogP contribution in [0.3, 0.4) is 0 Å². The molecule has 1 saturated heterocycles. The van der Waals surface area contributed by atoms with Crippen molar-refractivity contribution in [3.05, 3.63) is 47.9 Å². The van der Waals surface area contributed by atoms with Gasteiger partial charge in [-0.3, -0.25) is 9.78 Å². The van der Waals surface area contributed by atoms with Crippen LogP contribution in [0.2, 0.25) is 0 Å². The third-order valence-corrected chi connectivity index (χ3v) is 5.80. The van der Waals surface area contributed by atoms with Gasteiger partial charge < -0.3 is 14.9 Å². The highest BCUT2D eigenvalue weighted by Gasteiger charge is 2.33. The highest BCUT2D eigenvalue weighted by atomic mass is 16.3. The Hall–Kier alpha value is -3.24. The number of carbonyl (C=O) groups is 1. The highest BCUT2D eigenvalue weighted by Crippen LogP contribution is 2.45. The Balaban J connectivity index is 1.72. The van der Waals surface area contributed by atoms with Gasteiger partial charge in [-0.05, 0) is 49.6 Å². The number of nitriles is 1. The summed E-state index contributed by atoms with van der Waals surface area (Å²) in [6.07, 6.45) is 5.66. The minimum atomic E-state index is -0.481. The zero-order valence-corrected chi connectivity index (χ0v) is 17.1. The number of aromatic nitrogens is 2. The van der Waals surface area contributed by atoms with E-state index < -0.39 is 6.61 Å². The number of aliphatic hydroxyl groups is 1. The standard InChI is InChI=1S/C23H25N5O2/c1-3-19-10-17(6-7-25-19)20-11-18(12-24)23(26-22(20)16-4-5-16)27-8-9-28(15(2)13-27)21(30)14-29/h3,6-7,10-11,15-16,29H,1,4-5,8-9,13-14H2,2H3. The maximum Gasteiger partial charge on any atom is 0.248 e. The van der Waals surface area contributed by atoms with Crippen LogP contribution in [0.15, 0.2) is 31.0 Å². The Morgan fingerprint density at radius 1 is 1.40 bits per heavy atom. The number of aliphatic hydroxyl groups excluding tert-OH is 1. The molecule has 0 spiro atoms. The second kappa shape index (κ2) is 8.25. The summed E-state index contributed by atoms with van der Waals surface area (Å²) in [4.78, 5) is 25.0. The molecule has 1 unspecified atom stereocenters. The molecular weight excluding hydrogens is 378 g/mol. The number of carbonyl (C=O) groups excluding carboxylic acids is 1. The number of rotatable bonds is 5. The molecule has 1 N–H and O–H groups in total. The van der Waals surface area contributed by atoms with Crippen LogP contribution in [0.4, 0.5) is 5.82 Å². The smallest absolute Gasteiger partial charge is 0.248 e. The summed E-state index contributed by atoms with van der Waals surface area (Å²) >= 11 is 0. The van der Waals surface area contributed by atoms with E-state index in [9.17, 15) is 15.2 Å². The predicted molar refractivity (Wildman–Crippen MR) is 115 cm³/mol. The van der Waals surface area contributed by atoms with Crippen molar-refractivity contribution in [1.82, 2.24) is 14.9 Å². The summed E-state index contributed by atoms with van der Waals surface area (Å²) in [5.74, 6) is 0.825. The van der Waals surface area contributed by atoms with Gasteiger partial charge in [0.15, 0.2) is 0 Å². The van der Waals surface area contributed by atoms with Gasteiger partial charge in [0.2, 0.25) is 5.91 Å². The molecule has 7 nitrogen and oxygen atoms in total. The van der Waals surface area contributed by atoms with Crippen LogP contribution in [0.5, 0.6) is 0 Å². The average molecular weight is 403 g/mol. The maximum absolute atomic E-state index is 11.9. The highest BCUT2D eigenvalue weighted by molar-refractivity contribution is 5.78. The predicted octanol–water partition coefficient (Wildman–Crippen LogP) is 2.57. The SMILES string of the molecule is C=Cc1cc(-c2cc(C#N)c(N3CCN(C(=O)CO)C(C)C3)nc2C2CC2)ccn1. The lowest BCUT2D eigenvalue weighted by Crippen LogP contribution is -2.55. The van der Waals surface area contributed by atoms with Crippen LogP contribution in [0.25, 0.3) is 17.2 Å². The Kier molecular flexibility index (Phi) is 5.51. The number of hydrogen-bond acceptors (Lipinski definition) is 6. The molecule has 1 atom stereocenters. The second-order valence-electron chi connectivity index (χ2n) is 7.89. The van der Waals surface area contributed by atoms with E-state index in [1.54, 1.807) is 17.2 Å². The van der Waals surface area contributed by atoms with Crippen molar-refractivity contribution in [3.63, 3.8) is 0 Å². The topological polar surface area (TPSA) is 93.4 Å². The Bertz CT molecular complexity index is 1020. The summed E-state index contributed by atoms with van der Waals surface area (Å²) in [6, 6.07) is 8.11. The fourth-order valence-electron chi connectivity index (χ4n) is 4.08. The number of nitrogens with zero attached hydrogens (tertiary/aromatic N) is 5. The summed E-state index contributed by atoms with van der Waals surface area (Å²) < 4.78 is 0. The van der Waals surface area contributed by atoms with Gasteiger partial charge >= 0.3 is 0 Å². The van der Waals surface area contributed by atoms with Crippen LogP contribution in [0.1, 0.15) is 42.6 Å². The van der Waals surface area contributed by atoms with E-state index in [2.05, 4.69) is 22.5 Å². The van der Waals surface area contributed by atoms with Gasteiger partial charge in [0.25, 0.3) is 0 Å². The molecule has 4 rings (SSSR count). The monoisotopic (exact) mass is 403 g/mol. The molecule has 1 amide bonds. The van der Waals surface area contributed by atoms with Crippen LogP contribution in [0, 0.1) is 11.3 Å². The van der Waals surface area contributed by atoms with E-state index in [1.165, 1.54) is 0 Å². The molecule has 154 valence electrons. The molecule has 30 heavy (non-hydrogen) atoms. The molecule has 2 aliphatic rings. The first-order valence-corrected chi connectivity index (χ1v) is 10.2. The van der Waals surface area contributed by atoms with Gasteiger partial charge in [-0.1, -0.05) is 6.58 Å². The summed E-state index contributed by atoms with van der Waals surface area (Å²) in [5, 5.41) is 19.0. The molecule has 0 radical (unpaired) electrons. The molecule has 1 saturated carbocycles. The average Bonchev–Trinajstić information content (AvgIpc) is 3.63. The fourth-order valence-corrected chi connectivity index (χ4v) is 4.08. The van der Waals surface area contributed by atoms with Crippen LogP contribution in [-0.4, -0.2) is 58.2 Å². The molecular formula is C23H25N5O2. The largest absolute Gasteiger partial charge is 0.387 e. The summed E-state index contributed by atoms with van der Waals surface area (Å²) in [7, 11) is 0. The molecule has 1 aliphatic carbocycles. The number of piperazine rings is 1. The molecule has 2 fully saturated rings. The van der Waals surface area contributed by atoms with E-state index in [4.69, 9.17) is 4.98 Å². The first-order chi connectivity index (χ1) is 14.5. The molecule has 2 aromatic heterocycles. The minimum Gasteiger partial charge on any atom is -0.387 e. The van der Waals surface area contributed by atoms with E-state index >= 15 is 0 Å². The minimum absolute atomic E-state index is 0.0638. The van der Waals surface area contributed by atoms with Crippen LogP contribution >= 0.6 is 0 Å². The normalized spacial score (nSPS) is 18.8. The zero-order chi connectivity index (χ0) is 21.3. The van der Waals surface area contributed by atoms with Gasteiger partial charge in [0.1, 0.15) is 18.5 Å². The zero-order valence-electron chi connectivity index (χ0n) is 17.1. The van der Waals surface area contributed by atoms with Gasteiger partial charge in [-0.15, -0.1) is 0 Å². The summed E-state index contributed by atoms with van der Waals surface area (Å²) in [6.45, 7) is 6.93. The Labute approximate surface area is 176 Å². The number of amides is 1. The molecule has 7 heteroatoms. The van der Waals surface area contributed by atoms with E-state index in [0.717, 1.165) is 35.4 Å². The third kappa shape index (κ3) is 3.79. The van der Waals surface area contributed by atoms with Crippen molar-refractivity contribution in [2.24, 2.45) is 0 Å². The first kappa shape index (κ1) is 20.0. The van der Waals surface area contributed by atoms with Crippen molar-refractivity contribution < 1.29 is 9.90 Å². The van der Waals surface area contributed by atoms with Crippen LogP contribution < -0.4 is 4.90 Å². The molecule has 1 aliphatic heterocycles. The quantitative estimate of drug-likeness (QED) is 0.825. The lowest BCUT2D eigenvalue weighted by Gasteiger charge is -2.40. The van der Waals surface area contributed by atoms with E-state index in [0.29, 0.717) is 36.9 Å². The molecule has 0 bridgehead atoms. The van der Waals surface area contributed by atoms with Crippen molar-refractivity contribution in [3.8, 4) is 17.2 Å².